The quantitative estimate of drug-likeness (QED) is 0.547. The zero-order valence-corrected chi connectivity index (χ0v) is 18.0. The molecule has 1 aromatic rings. The Morgan fingerprint density at radius 3 is 2.38 bits per heavy atom. The molecule has 1 aliphatic carbocycles. The van der Waals surface area contributed by atoms with Gasteiger partial charge in [0.2, 0.25) is 0 Å². The second kappa shape index (κ2) is 9.77. The van der Waals surface area contributed by atoms with Gasteiger partial charge in [0, 0.05) is 18.8 Å². The molecule has 2 rings (SSSR count). The molecule has 29 heavy (non-hydrogen) atoms. The van der Waals surface area contributed by atoms with E-state index in [1.807, 2.05) is 13.0 Å². The van der Waals surface area contributed by atoms with Crippen LogP contribution >= 0.6 is 0 Å². The van der Waals surface area contributed by atoms with Gasteiger partial charge in [0.1, 0.15) is 18.0 Å². The van der Waals surface area contributed by atoms with Crippen LogP contribution in [0.2, 0.25) is 0 Å². The van der Waals surface area contributed by atoms with Gasteiger partial charge < -0.3 is 14.6 Å². The van der Waals surface area contributed by atoms with Gasteiger partial charge in [-0.05, 0) is 69.0 Å². The van der Waals surface area contributed by atoms with Gasteiger partial charge in [-0.3, -0.25) is 4.79 Å². The largest absolute Gasteiger partial charge is 0.508 e. The van der Waals surface area contributed by atoms with E-state index in [9.17, 15) is 14.7 Å². The van der Waals surface area contributed by atoms with E-state index in [1.54, 1.807) is 0 Å². The average Bonchev–Trinajstić information content (AvgIpc) is 2.65. The van der Waals surface area contributed by atoms with Crippen LogP contribution in [0.5, 0.6) is 5.75 Å². The normalized spacial score (nSPS) is 22.5. The maximum absolute atomic E-state index is 12.6. The molecular weight excluding hydrogens is 368 g/mol. The smallest absolute Gasteiger partial charge is 0.338 e. The van der Waals surface area contributed by atoms with E-state index in [4.69, 9.17) is 9.47 Å². The van der Waals surface area contributed by atoms with E-state index >= 15 is 0 Å². The van der Waals surface area contributed by atoms with E-state index in [0.29, 0.717) is 12.0 Å². The summed E-state index contributed by atoms with van der Waals surface area (Å²) in [5.41, 5.74) is 2.25. The summed E-state index contributed by atoms with van der Waals surface area (Å²) in [6.45, 7) is 9.60. The molecule has 0 saturated heterocycles. The monoisotopic (exact) mass is 400 g/mol. The summed E-state index contributed by atoms with van der Waals surface area (Å²) in [4.78, 5) is 24.3. The average molecular weight is 401 g/mol. The minimum atomic E-state index is -0.460. The van der Waals surface area contributed by atoms with E-state index in [0.717, 1.165) is 24.8 Å². The number of aromatic hydroxyl groups is 1. The van der Waals surface area contributed by atoms with Gasteiger partial charge in [0.05, 0.1) is 5.56 Å². The number of phenols is 1. The molecule has 0 saturated carbocycles. The van der Waals surface area contributed by atoms with Crippen LogP contribution in [0.25, 0.3) is 0 Å². The number of hydrogen-bond donors (Lipinski definition) is 1. The van der Waals surface area contributed by atoms with Crippen LogP contribution in [0.3, 0.4) is 0 Å². The Hall–Kier alpha value is -2.56. The first-order valence-corrected chi connectivity index (χ1v) is 10.1. The van der Waals surface area contributed by atoms with Crippen LogP contribution in [-0.2, 0) is 14.3 Å². The third-order valence-electron chi connectivity index (χ3n) is 5.41. The van der Waals surface area contributed by atoms with Crippen molar-refractivity contribution < 1.29 is 24.2 Å². The molecule has 0 fully saturated rings. The van der Waals surface area contributed by atoms with E-state index in [-0.39, 0.29) is 17.1 Å². The van der Waals surface area contributed by atoms with Crippen molar-refractivity contribution in [3.8, 4) is 5.75 Å². The van der Waals surface area contributed by atoms with Crippen molar-refractivity contribution >= 4 is 11.9 Å². The maximum Gasteiger partial charge on any atom is 0.338 e. The summed E-state index contributed by atoms with van der Waals surface area (Å²) < 4.78 is 11.4. The number of carbonyl (C=O) groups excluding carboxylic acids is 2. The third kappa shape index (κ3) is 6.77. The molecule has 1 aromatic carbocycles. The molecule has 5 heteroatoms. The number of phenolic OH excluding ortho intramolecular Hbond substituents is 1. The Morgan fingerprint density at radius 2 is 1.76 bits per heavy atom. The van der Waals surface area contributed by atoms with Crippen LogP contribution in [0.4, 0.5) is 0 Å². The second-order valence-corrected chi connectivity index (χ2v) is 8.51. The Balaban J connectivity index is 2.33. The highest BCUT2D eigenvalue weighted by Gasteiger charge is 2.32. The molecule has 0 bridgehead atoms. The van der Waals surface area contributed by atoms with Crippen molar-refractivity contribution in [1.29, 1.82) is 0 Å². The highest BCUT2D eigenvalue weighted by Crippen LogP contribution is 2.34. The first-order chi connectivity index (χ1) is 13.6. The predicted molar refractivity (Wildman–Crippen MR) is 113 cm³/mol. The van der Waals surface area contributed by atoms with Gasteiger partial charge in [-0.25, -0.2) is 4.79 Å². The molecule has 5 nitrogen and oxygen atoms in total. The topological polar surface area (TPSA) is 72.8 Å². The van der Waals surface area contributed by atoms with Gasteiger partial charge in [-0.2, -0.15) is 0 Å². The SMILES string of the molecule is CC(=O)O[C@H]1C=C(C)[C@H](OC(=O)c2ccc(O)cc2)CC=C(C)CCCC1(C)C. The number of hydrogen-bond acceptors (Lipinski definition) is 5. The van der Waals surface area contributed by atoms with Gasteiger partial charge in [-0.1, -0.05) is 25.5 Å². The minimum Gasteiger partial charge on any atom is -0.508 e. The van der Waals surface area contributed by atoms with Crippen LogP contribution in [0.1, 0.15) is 70.7 Å². The minimum absolute atomic E-state index is 0.0950. The van der Waals surface area contributed by atoms with E-state index in [2.05, 4.69) is 26.8 Å². The van der Waals surface area contributed by atoms with Crippen LogP contribution in [0.15, 0.2) is 47.6 Å². The molecule has 0 aromatic heterocycles. The standard InChI is InChI=1S/C24H32O5/c1-16-7-6-14-24(4,5)22(28-18(3)25)15-17(2)21(13-8-16)29-23(27)19-9-11-20(26)12-10-19/h8-12,15,21-22,26H,6-7,13-14H2,1-5H3/t21-,22+/m1/s1. The molecule has 1 aliphatic rings. The molecular formula is C24H32O5. The van der Waals surface area contributed by atoms with Gasteiger partial charge in [0.15, 0.2) is 0 Å². The van der Waals surface area contributed by atoms with Crippen LogP contribution in [-0.4, -0.2) is 29.3 Å². The van der Waals surface area contributed by atoms with Crippen molar-refractivity contribution in [2.45, 2.75) is 72.5 Å². The maximum atomic E-state index is 12.6. The number of esters is 2. The molecule has 2 atom stereocenters. The van der Waals surface area contributed by atoms with Crippen molar-refractivity contribution in [1.82, 2.24) is 0 Å². The summed E-state index contributed by atoms with van der Waals surface area (Å²) >= 11 is 0. The summed E-state index contributed by atoms with van der Waals surface area (Å²) in [5, 5.41) is 9.42. The van der Waals surface area contributed by atoms with Crippen LogP contribution < -0.4 is 0 Å². The molecule has 158 valence electrons. The predicted octanol–water partition coefficient (Wildman–Crippen LogP) is 5.34. The molecule has 0 amide bonds. The summed E-state index contributed by atoms with van der Waals surface area (Å²) in [7, 11) is 0. The lowest BCUT2D eigenvalue weighted by Gasteiger charge is -2.32. The highest BCUT2D eigenvalue weighted by molar-refractivity contribution is 5.89. The fourth-order valence-corrected chi connectivity index (χ4v) is 3.44. The lowest BCUT2D eigenvalue weighted by atomic mass is 9.80. The molecule has 0 radical (unpaired) electrons. The Labute approximate surface area is 173 Å². The lowest BCUT2D eigenvalue weighted by Crippen LogP contribution is -2.33. The number of rotatable bonds is 3. The lowest BCUT2D eigenvalue weighted by molar-refractivity contribution is -0.149. The van der Waals surface area contributed by atoms with E-state index in [1.165, 1.54) is 36.8 Å². The number of ether oxygens (including phenoxy) is 2. The van der Waals surface area contributed by atoms with Crippen molar-refractivity contribution in [3.05, 3.63) is 53.1 Å². The zero-order valence-electron chi connectivity index (χ0n) is 18.0. The second-order valence-electron chi connectivity index (χ2n) is 8.51. The van der Waals surface area contributed by atoms with E-state index < -0.39 is 18.2 Å². The number of allylic oxidation sites excluding steroid dienone is 1. The van der Waals surface area contributed by atoms with Crippen molar-refractivity contribution in [2.24, 2.45) is 5.41 Å². The Kier molecular flexibility index (Phi) is 7.66. The molecule has 0 spiro atoms. The number of benzene rings is 1. The Morgan fingerprint density at radius 1 is 1.10 bits per heavy atom. The zero-order chi connectivity index (χ0) is 21.6. The molecule has 0 unspecified atom stereocenters. The fraction of sp³-hybridized carbons (Fsp3) is 0.500. The first-order valence-electron chi connectivity index (χ1n) is 10.1. The first kappa shape index (κ1) is 22.7. The Bertz CT molecular complexity index is 786. The van der Waals surface area contributed by atoms with Crippen molar-refractivity contribution in [3.63, 3.8) is 0 Å². The van der Waals surface area contributed by atoms with Gasteiger partial charge in [-0.15, -0.1) is 0 Å². The molecule has 0 heterocycles. The summed E-state index contributed by atoms with van der Waals surface area (Å²) in [6.07, 6.45) is 6.61. The highest BCUT2D eigenvalue weighted by atomic mass is 16.5. The summed E-state index contributed by atoms with van der Waals surface area (Å²) in [6, 6.07) is 5.99. The van der Waals surface area contributed by atoms with Crippen molar-refractivity contribution in [2.75, 3.05) is 0 Å². The van der Waals surface area contributed by atoms with Gasteiger partial charge >= 0.3 is 11.9 Å². The fourth-order valence-electron chi connectivity index (χ4n) is 3.44. The third-order valence-corrected chi connectivity index (χ3v) is 5.41. The molecule has 0 aliphatic heterocycles. The number of carbonyl (C=O) groups is 2. The summed E-state index contributed by atoms with van der Waals surface area (Å²) in [5.74, 6) is -0.682. The molecule has 1 N–H and O–H groups in total. The van der Waals surface area contributed by atoms with Gasteiger partial charge in [0.25, 0.3) is 0 Å². The van der Waals surface area contributed by atoms with Crippen LogP contribution in [0, 0.1) is 5.41 Å².